The lowest BCUT2D eigenvalue weighted by Gasteiger charge is -2.44. The van der Waals surface area contributed by atoms with Gasteiger partial charge in [-0.1, -0.05) is 25.6 Å². The molecular formula is C29H38BrN7O5S. The third kappa shape index (κ3) is 6.49. The molecule has 4 heterocycles. The highest BCUT2D eigenvalue weighted by atomic mass is 79.9. The number of nitrogens with zero attached hydrogens (tertiary/aromatic N) is 6. The summed E-state index contributed by atoms with van der Waals surface area (Å²) in [5.74, 6) is 1.60. The number of anilines is 1. The van der Waals surface area contributed by atoms with E-state index in [0.29, 0.717) is 53.3 Å². The van der Waals surface area contributed by atoms with Crippen molar-refractivity contribution in [2.75, 3.05) is 25.6 Å². The van der Waals surface area contributed by atoms with E-state index in [2.05, 4.69) is 30.5 Å². The molecule has 12 nitrogen and oxygen atoms in total. The van der Waals surface area contributed by atoms with Crippen LogP contribution in [0.5, 0.6) is 11.5 Å². The fourth-order valence-electron chi connectivity index (χ4n) is 5.81. The number of imidazole rings is 1. The number of aromatic nitrogens is 4. The lowest BCUT2D eigenvalue weighted by molar-refractivity contribution is -0.142. The van der Waals surface area contributed by atoms with Gasteiger partial charge in [-0.15, -0.1) is 0 Å². The van der Waals surface area contributed by atoms with Crippen molar-refractivity contribution in [1.82, 2.24) is 29.3 Å². The number of hydrogen-bond donors (Lipinski definition) is 2. The first-order valence-electron chi connectivity index (χ1n) is 14.4. The summed E-state index contributed by atoms with van der Waals surface area (Å²) >= 11 is 5.11. The van der Waals surface area contributed by atoms with Gasteiger partial charge in [0.05, 0.1) is 0 Å². The number of rotatable bonds is 8. The van der Waals surface area contributed by atoms with Crippen molar-refractivity contribution in [3.63, 3.8) is 0 Å². The zero-order valence-electron chi connectivity index (χ0n) is 25.0. The van der Waals surface area contributed by atoms with Crippen LogP contribution in [0.2, 0.25) is 0 Å². The topological polar surface area (TPSA) is 149 Å². The lowest BCUT2D eigenvalue weighted by atomic mass is 9.91. The Morgan fingerprint density at radius 1 is 1.23 bits per heavy atom. The van der Waals surface area contributed by atoms with Crippen LogP contribution in [-0.2, 0) is 11.3 Å². The van der Waals surface area contributed by atoms with Crippen LogP contribution in [0, 0.1) is 11.8 Å². The molecule has 0 spiro atoms. The molecule has 2 aliphatic heterocycles. The third-order valence-corrected chi connectivity index (χ3v) is 9.81. The van der Waals surface area contributed by atoms with Gasteiger partial charge in [-0.3, -0.25) is 9.69 Å². The third-order valence-electron chi connectivity index (χ3n) is 7.84. The number of benzene rings is 1. The number of nitrogen functional groups attached to an aromatic ring is 1. The molecular weight excluding hydrogens is 638 g/mol. The molecule has 14 heteroatoms. The van der Waals surface area contributed by atoms with Crippen molar-refractivity contribution in [3.05, 3.63) is 22.9 Å². The monoisotopic (exact) mass is 675 g/mol. The van der Waals surface area contributed by atoms with Crippen molar-refractivity contribution in [2.45, 2.75) is 82.1 Å². The van der Waals surface area contributed by atoms with Gasteiger partial charge in [0.1, 0.15) is 12.4 Å². The second-order valence-electron chi connectivity index (χ2n) is 12.3. The highest BCUT2D eigenvalue weighted by Crippen LogP contribution is 2.43. The van der Waals surface area contributed by atoms with Gasteiger partial charge in [-0.05, 0) is 79.9 Å². The Labute approximate surface area is 263 Å². The van der Waals surface area contributed by atoms with E-state index in [1.54, 1.807) is 0 Å². The summed E-state index contributed by atoms with van der Waals surface area (Å²) in [6, 6.07) is 3.05. The maximum atomic E-state index is 13.8. The van der Waals surface area contributed by atoms with Gasteiger partial charge >= 0.3 is 6.09 Å². The largest absolute Gasteiger partial charge is 0.465 e. The van der Waals surface area contributed by atoms with Gasteiger partial charge in [-0.2, -0.15) is 0 Å². The van der Waals surface area contributed by atoms with Crippen LogP contribution >= 0.6 is 27.7 Å². The Hall–Kier alpha value is -3.26. The Bertz CT molecular complexity index is 1530. The molecule has 2 atom stereocenters. The summed E-state index contributed by atoms with van der Waals surface area (Å²) in [7, 11) is 0. The number of carboxylic acid groups (broad SMARTS) is 1. The number of aryl methyl sites for hydroxylation is 1. The molecule has 1 unspecified atom stereocenters. The zero-order chi connectivity index (χ0) is 31.1. The minimum Gasteiger partial charge on any atom is -0.465 e. The van der Waals surface area contributed by atoms with E-state index in [1.165, 1.54) is 23.0 Å². The van der Waals surface area contributed by atoms with Gasteiger partial charge in [0.15, 0.2) is 33.6 Å². The molecule has 43 heavy (non-hydrogen) atoms. The number of hydrogen-bond acceptors (Lipinski definition) is 9. The van der Waals surface area contributed by atoms with E-state index in [0.717, 1.165) is 28.6 Å². The first kappa shape index (κ1) is 31.2. The quantitative estimate of drug-likeness (QED) is 0.314. The summed E-state index contributed by atoms with van der Waals surface area (Å²) < 4.78 is 14.0. The van der Waals surface area contributed by atoms with Crippen molar-refractivity contribution in [3.8, 4) is 11.5 Å². The predicted molar refractivity (Wildman–Crippen MR) is 166 cm³/mol. The Morgan fingerprint density at radius 3 is 2.63 bits per heavy atom. The summed E-state index contributed by atoms with van der Waals surface area (Å²) in [5, 5.41) is 10.7. The molecule has 1 aromatic carbocycles. The summed E-state index contributed by atoms with van der Waals surface area (Å²) in [5.41, 5.74) is 6.66. The van der Waals surface area contributed by atoms with Crippen molar-refractivity contribution in [2.24, 2.45) is 11.8 Å². The number of carbonyl (C=O) groups is 2. The molecule has 2 aliphatic rings. The number of likely N-dealkylation sites (tertiary alicyclic amines) is 1. The van der Waals surface area contributed by atoms with E-state index in [1.807, 2.05) is 51.7 Å². The SMILES string of the molecule is CC(C)[C@@H](C(=O)N1CCCC(CCn2c(Sc3cc4c(cc3Br)OCO4)nc3c(N)ncnc32)C1)N(C(=O)O)C(C)(C)C. The normalized spacial score (nSPS) is 17.5. The number of halogens is 1. The van der Waals surface area contributed by atoms with Crippen LogP contribution in [0.1, 0.15) is 53.9 Å². The van der Waals surface area contributed by atoms with Gasteiger partial charge in [0, 0.05) is 34.5 Å². The number of nitrogens with two attached hydrogens (primary N) is 1. The first-order chi connectivity index (χ1) is 20.3. The Morgan fingerprint density at radius 2 is 1.95 bits per heavy atom. The molecule has 0 bridgehead atoms. The molecule has 2 aromatic heterocycles. The van der Waals surface area contributed by atoms with Gasteiger partial charge in [-0.25, -0.2) is 19.7 Å². The minimum absolute atomic E-state index is 0.130. The van der Waals surface area contributed by atoms with Crippen LogP contribution in [0.25, 0.3) is 11.2 Å². The summed E-state index contributed by atoms with van der Waals surface area (Å²) in [6.45, 7) is 11.3. The van der Waals surface area contributed by atoms with Crippen LogP contribution in [-0.4, -0.2) is 77.9 Å². The molecule has 0 aliphatic carbocycles. The number of ether oxygens (including phenoxy) is 2. The summed E-state index contributed by atoms with van der Waals surface area (Å²) in [4.78, 5) is 43.6. The van der Waals surface area contributed by atoms with Crippen molar-refractivity contribution < 1.29 is 24.2 Å². The number of carbonyl (C=O) groups excluding carboxylic acids is 1. The summed E-state index contributed by atoms with van der Waals surface area (Å²) in [6.07, 6.45) is 2.97. The van der Waals surface area contributed by atoms with E-state index in [4.69, 9.17) is 20.2 Å². The maximum absolute atomic E-state index is 13.8. The van der Waals surface area contributed by atoms with E-state index in [-0.39, 0.29) is 24.5 Å². The van der Waals surface area contributed by atoms with E-state index >= 15 is 0 Å². The number of amides is 2. The lowest BCUT2D eigenvalue weighted by Crippen LogP contribution is -2.60. The van der Waals surface area contributed by atoms with Crippen LogP contribution < -0.4 is 15.2 Å². The number of fused-ring (bicyclic) bond motifs is 2. The standard InChI is InChI=1S/C29H38BrN7O5S/c1-16(2)23(37(28(39)40)29(3,4)5)26(38)35-9-6-7-17(13-35)8-10-36-25-22(24(31)32-14-33-25)34-27(36)43-21-12-20-19(11-18(21)30)41-15-42-20/h11-12,14,16-17,23H,6-10,13,15H2,1-5H3,(H,39,40)(H2,31,32,33)/t17?,23-/m0/s1. The minimum atomic E-state index is -1.08. The molecule has 3 N–H and O–H groups in total. The molecule has 1 saturated heterocycles. The smallest absolute Gasteiger partial charge is 0.408 e. The Kier molecular flexibility index (Phi) is 8.98. The average molecular weight is 677 g/mol. The molecule has 2 amide bonds. The highest BCUT2D eigenvalue weighted by molar-refractivity contribution is 9.10. The maximum Gasteiger partial charge on any atom is 0.408 e. The molecule has 1 fully saturated rings. The number of piperidine rings is 1. The molecule has 3 aromatic rings. The van der Waals surface area contributed by atoms with Gasteiger partial charge in [0.25, 0.3) is 0 Å². The first-order valence-corrected chi connectivity index (χ1v) is 16.0. The average Bonchev–Trinajstić information content (AvgIpc) is 3.53. The molecule has 0 radical (unpaired) electrons. The van der Waals surface area contributed by atoms with E-state index < -0.39 is 17.7 Å². The van der Waals surface area contributed by atoms with Gasteiger partial charge in [0.2, 0.25) is 12.7 Å². The molecule has 232 valence electrons. The second-order valence-corrected chi connectivity index (χ2v) is 14.2. The highest BCUT2D eigenvalue weighted by Gasteiger charge is 2.42. The van der Waals surface area contributed by atoms with E-state index in [9.17, 15) is 14.7 Å². The fraction of sp³-hybridized carbons (Fsp3) is 0.552. The second kappa shape index (κ2) is 12.4. The van der Waals surface area contributed by atoms with Crippen LogP contribution in [0.4, 0.5) is 10.6 Å². The molecule has 5 rings (SSSR count). The zero-order valence-corrected chi connectivity index (χ0v) is 27.4. The fourth-order valence-corrected chi connectivity index (χ4v) is 7.31. The van der Waals surface area contributed by atoms with Gasteiger partial charge < -0.3 is 29.8 Å². The van der Waals surface area contributed by atoms with Crippen molar-refractivity contribution in [1.29, 1.82) is 0 Å². The Balaban J connectivity index is 1.36. The molecule has 0 saturated carbocycles. The van der Waals surface area contributed by atoms with Crippen LogP contribution in [0.15, 0.2) is 33.0 Å². The van der Waals surface area contributed by atoms with Crippen molar-refractivity contribution >= 4 is 56.7 Å². The van der Waals surface area contributed by atoms with Crippen LogP contribution in [0.3, 0.4) is 0 Å². The predicted octanol–water partition coefficient (Wildman–Crippen LogP) is 5.48.